The molecule has 0 saturated heterocycles. The van der Waals surface area contributed by atoms with E-state index in [9.17, 15) is 4.79 Å². The molecule has 0 aliphatic heterocycles. The first-order chi connectivity index (χ1) is 16.6. The molecule has 5 aromatic rings. The van der Waals surface area contributed by atoms with Gasteiger partial charge in [-0.1, -0.05) is 121 Å². The van der Waals surface area contributed by atoms with Gasteiger partial charge in [-0.15, -0.1) is 0 Å². The topological polar surface area (TPSA) is 30.2 Å². The molecule has 0 amide bonds. The predicted molar refractivity (Wildman–Crippen MR) is 140 cm³/mol. The SMILES string of the molecule is C=C(Cc1c(-c2ccc(C)cc2)oc(=O)c2ccccc12)C(c1ccccc1)c1ccccc1. The van der Waals surface area contributed by atoms with E-state index in [-0.39, 0.29) is 11.5 Å². The summed E-state index contributed by atoms with van der Waals surface area (Å²) in [5.74, 6) is 0.642. The van der Waals surface area contributed by atoms with Crippen molar-refractivity contribution in [1.82, 2.24) is 0 Å². The maximum atomic E-state index is 12.9. The zero-order valence-electron chi connectivity index (χ0n) is 19.2. The molecular formula is C32H26O2. The van der Waals surface area contributed by atoms with Crippen LogP contribution < -0.4 is 5.63 Å². The minimum absolute atomic E-state index is 0.0268. The number of benzene rings is 4. The van der Waals surface area contributed by atoms with E-state index in [1.54, 1.807) is 0 Å². The summed E-state index contributed by atoms with van der Waals surface area (Å²) in [6.07, 6.45) is 0.585. The van der Waals surface area contributed by atoms with Crippen LogP contribution in [-0.4, -0.2) is 0 Å². The van der Waals surface area contributed by atoms with Crippen LogP contribution in [0, 0.1) is 6.92 Å². The van der Waals surface area contributed by atoms with Crippen molar-refractivity contribution < 1.29 is 4.42 Å². The molecule has 0 bridgehead atoms. The second kappa shape index (κ2) is 9.36. The molecule has 4 aromatic carbocycles. The number of allylic oxidation sites excluding steroid dienone is 1. The molecule has 5 rings (SSSR count). The van der Waals surface area contributed by atoms with Crippen LogP contribution in [0.25, 0.3) is 22.1 Å². The van der Waals surface area contributed by atoms with Crippen molar-refractivity contribution in [2.24, 2.45) is 0 Å². The van der Waals surface area contributed by atoms with Gasteiger partial charge in [0.2, 0.25) is 0 Å². The van der Waals surface area contributed by atoms with Gasteiger partial charge in [-0.05, 0) is 35.9 Å². The highest BCUT2D eigenvalue weighted by molar-refractivity contribution is 5.89. The van der Waals surface area contributed by atoms with Crippen LogP contribution in [0.4, 0.5) is 0 Å². The van der Waals surface area contributed by atoms with Crippen LogP contribution in [0.15, 0.2) is 131 Å². The van der Waals surface area contributed by atoms with Crippen molar-refractivity contribution in [2.45, 2.75) is 19.3 Å². The number of fused-ring (bicyclic) bond motifs is 1. The van der Waals surface area contributed by atoms with Crippen LogP contribution in [0.5, 0.6) is 0 Å². The van der Waals surface area contributed by atoms with Crippen molar-refractivity contribution >= 4 is 10.8 Å². The summed E-state index contributed by atoms with van der Waals surface area (Å²) < 4.78 is 5.94. The maximum Gasteiger partial charge on any atom is 0.344 e. The molecule has 2 heteroatoms. The standard InChI is InChI=1S/C32H26O2/c1-22-17-19-26(20-18-22)31-29(27-15-9-10-16-28(27)32(33)34-31)21-23(2)30(24-11-5-3-6-12-24)25-13-7-4-8-14-25/h3-20,30H,2,21H2,1H3. The lowest BCUT2D eigenvalue weighted by Crippen LogP contribution is -2.10. The first kappa shape index (κ1) is 21.7. The summed E-state index contributed by atoms with van der Waals surface area (Å²) >= 11 is 0. The molecular weight excluding hydrogens is 416 g/mol. The van der Waals surface area contributed by atoms with Gasteiger partial charge in [-0.3, -0.25) is 0 Å². The largest absolute Gasteiger partial charge is 0.422 e. The Morgan fingerprint density at radius 2 is 1.26 bits per heavy atom. The molecule has 166 valence electrons. The van der Waals surface area contributed by atoms with E-state index < -0.39 is 0 Å². The third-order valence-corrected chi connectivity index (χ3v) is 6.33. The van der Waals surface area contributed by atoms with E-state index in [4.69, 9.17) is 4.42 Å². The maximum absolute atomic E-state index is 12.9. The summed E-state index contributed by atoms with van der Waals surface area (Å²) in [5.41, 5.74) is 6.15. The molecule has 0 atom stereocenters. The quantitative estimate of drug-likeness (QED) is 0.252. The summed E-state index contributed by atoms with van der Waals surface area (Å²) in [6, 6.07) is 36.7. The molecule has 2 nitrogen and oxygen atoms in total. The molecule has 0 N–H and O–H groups in total. The van der Waals surface area contributed by atoms with Crippen LogP contribution in [0.1, 0.15) is 28.2 Å². The molecule has 1 heterocycles. The third kappa shape index (κ3) is 4.23. The first-order valence-electron chi connectivity index (χ1n) is 11.5. The lowest BCUT2D eigenvalue weighted by atomic mass is 9.82. The number of hydrogen-bond donors (Lipinski definition) is 0. The van der Waals surface area contributed by atoms with Crippen molar-refractivity contribution in [3.63, 3.8) is 0 Å². The summed E-state index contributed by atoms with van der Waals surface area (Å²) in [6.45, 7) is 6.61. The van der Waals surface area contributed by atoms with E-state index in [1.165, 1.54) is 11.1 Å². The van der Waals surface area contributed by atoms with Crippen molar-refractivity contribution in [2.75, 3.05) is 0 Å². The van der Waals surface area contributed by atoms with Crippen LogP contribution in [-0.2, 0) is 6.42 Å². The molecule has 0 aliphatic carbocycles. The number of rotatable bonds is 6. The van der Waals surface area contributed by atoms with E-state index in [1.807, 2.05) is 67.6 Å². The fraction of sp³-hybridized carbons (Fsp3) is 0.0938. The molecule has 0 spiro atoms. The molecule has 0 aliphatic rings. The molecule has 0 fully saturated rings. The summed E-state index contributed by atoms with van der Waals surface area (Å²) in [5, 5.41) is 1.51. The van der Waals surface area contributed by atoms with Crippen LogP contribution in [0.2, 0.25) is 0 Å². The van der Waals surface area contributed by atoms with Gasteiger partial charge in [0.1, 0.15) is 5.76 Å². The lowest BCUT2D eigenvalue weighted by molar-refractivity contribution is 0.529. The monoisotopic (exact) mass is 442 g/mol. The Kier molecular flexibility index (Phi) is 5.97. The van der Waals surface area contributed by atoms with Gasteiger partial charge in [0.25, 0.3) is 0 Å². The second-order valence-electron chi connectivity index (χ2n) is 8.70. The van der Waals surface area contributed by atoms with Crippen molar-refractivity contribution in [1.29, 1.82) is 0 Å². The van der Waals surface area contributed by atoms with E-state index >= 15 is 0 Å². The Labute approximate surface area is 199 Å². The third-order valence-electron chi connectivity index (χ3n) is 6.33. The fourth-order valence-electron chi connectivity index (χ4n) is 4.65. The number of hydrogen-bond acceptors (Lipinski definition) is 2. The Hall–Kier alpha value is -4.17. The van der Waals surface area contributed by atoms with Gasteiger partial charge < -0.3 is 4.42 Å². The van der Waals surface area contributed by atoms with Gasteiger partial charge in [-0.2, -0.15) is 0 Å². The highest BCUT2D eigenvalue weighted by atomic mass is 16.4. The Morgan fingerprint density at radius 1 is 0.735 bits per heavy atom. The molecule has 0 unspecified atom stereocenters. The second-order valence-corrected chi connectivity index (χ2v) is 8.70. The van der Waals surface area contributed by atoms with Crippen LogP contribution in [0.3, 0.4) is 0 Å². The van der Waals surface area contributed by atoms with Gasteiger partial charge >= 0.3 is 5.63 Å². The molecule has 0 radical (unpaired) electrons. The average Bonchev–Trinajstić information content (AvgIpc) is 2.88. The Bertz CT molecular complexity index is 1460. The van der Waals surface area contributed by atoms with E-state index in [0.29, 0.717) is 17.6 Å². The first-order valence-corrected chi connectivity index (χ1v) is 11.5. The lowest BCUT2D eigenvalue weighted by Gasteiger charge is -2.22. The minimum Gasteiger partial charge on any atom is -0.422 e. The highest BCUT2D eigenvalue weighted by Gasteiger charge is 2.22. The highest BCUT2D eigenvalue weighted by Crippen LogP contribution is 2.36. The van der Waals surface area contributed by atoms with Crippen molar-refractivity contribution in [3.8, 4) is 11.3 Å². The van der Waals surface area contributed by atoms with Gasteiger partial charge in [0, 0.05) is 17.0 Å². The van der Waals surface area contributed by atoms with Gasteiger partial charge in [-0.25, -0.2) is 4.79 Å². The predicted octanol–water partition coefficient (Wildman–Crippen LogP) is 7.70. The Balaban J connectivity index is 1.67. The van der Waals surface area contributed by atoms with Gasteiger partial charge in [0.05, 0.1) is 5.39 Å². The van der Waals surface area contributed by atoms with Crippen LogP contribution >= 0.6 is 0 Å². The summed E-state index contributed by atoms with van der Waals surface area (Å²) in [7, 11) is 0. The zero-order chi connectivity index (χ0) is 23.5. The minimum atomic E-state index is -0.316. The molecule has 0 saturated carbocycles. The molecule has 1 aromatic heterocycles. The zero-order valence-corrected chi connectivity index (χ0v) is 19.2. The van der Waals surface area contributed by atoms with Crippen molar-refractivity contribution in [3.05, 3.63) is 154 Å². The fourth-order valence-corrected chi connectivity index (χ4v) is 4.65. The van der Waals surface area contributed by atoms with Gasteiger partial charge in [0.15, 0.2) is 0 Å². The normalized spacial score (nSPS) is 11.1. The van der Waals surface area contributed by atoms with E-state index in [2.05, 4.69) is 55.1 Å². The molecule has 34 heavy (non-hydrogen) atoms. The van der Waals surface area contributed by atoms with E-state index in [0.717, 1.165) is 27.6 Å². The summed E-state index contributed by atoms with van der Waals surface area (Å²) in [4.78, 5) is 12.9. The average molecular weight is 443 g/mol. The smallest absolute Gasteiger partial charge is 0.344 e. The Morgan fingerprint density at radius 3 is 1.85 bits per heavy atom. The number of aryl methyl sites for hydroxylation is 1.